The molecule has 1 heterocycles. The van der Waals surface area contributed by atoms with Gasteiger partial charge in [0.15, 0.2) is 0 Å². The summed E-state index contributed by atoms with van der Waals surface area (Å²) in [5.74, 6) is 0. The first-order chi connectivity index (χ1) is 8.31. The standard InChI is InChI=1S/C14H19N3/c1-11-4-2-5-12(10-15)14(11)17-9-7-13-6-3-8-16-13/h2,4-5,13,16-17H,3,6-9H2,1H3/t13-/m0/s1. The minimum atomic E-state index is 0.650. The maximum absolute atomic E-state index is 9.05. The molecule has 17 heavy (non-hydrogen) atoms. The van der Waals surface area contributed by atoms with E-state index in [4.69, 9.17) is 5.26 Å². The molecule has 1 fully saturated rings. The second-order valence-corrected chi connectivity index (χ2v) is 4.62. The first kappa shape index (κ1) is 11.9. The van der Waals surface area contributed by atoms with Gasteiger partial charge in [-0.15, -0.1) is 0 Å². The molecule has 90 valence electrons. The quantitative estimate of drug-likeness (QED) is 0.833. The maximum Gasteiger partial charge on any atom is 0.101 e. The molecular formula is C14H19N3. The van der Waals surface area contributed by atoms with Crippen molar-refractivity contribution in [2.24, 2.45) is 0 Å². The number of anilines is 1. The molecule has 0 aromatic heterocycles. The molecule has 0 spiro atoms. The number of nitrogens with one attached hydrogen (secondary N) is 2. The molecule has 3 heteroatoms. The maximum atomic E-state index is 9.05. The molecule has 0 amide bonds. The number of rotatable bonds is 4. The molecule has 0 unspecified atom stereocenters. The minimum Gasteiger partial charge on any atom is -0.384 e. The molecule has 1 atom stereocenters. The zero-order valence-corrected chi connectivity index (χ0v) is 10.3. The van der Waals surface area contributed by atoms with Gasteiger partial charge in [0.1, 0.15) is 6.07 Å². The van der Waals surface area contributed by atoms with Crippen LogP contribution in [0.15, 0.2) is 18.2 Å². The second-order valence-electron chi connectivity index (χ2n) is 4.62. The Morgan fingerprint density at radius 1 is 1.53 bits per heavy atom. The molecule has 1 aromatic carbocycles. The first-order valence-electron chi connectivity index (χ1n) is 6.28. The van der Waals surface area contributed by atoms with Gasteiger partial charge in [-0.3, -0.25) is 0 Å². The molecule has 2 rings (SSSR count). The lowest BCUT2D eigenvalue weighted by Gasteiger charge is -2.14. The Bertz CT molecular complexity index is 414. The number of para-hydroxylation sites is 1. The summed E-state index contributed by atoms with van der Waals surface area (Å²) >= 11 is 0. The van der Waals surface area contributed by atoms with Crippen molar-refractivity contribution >= 4 is 5.69 Å². The lowest BCUT2D eigenvalue weighted by atomic mass is 10.1. The van der Waals surface area contributed by atoms with Crippen molar-refractivity contribution < 1.29 is 0 Å². The molecule has 2 N–H and O–H groups in total. The fourth-order valence-electron chi connectivity index (χ4n) is 2.37. The third kappa shape index (κ3) is 2.98. The summed E-state index contributed by atoms with van der Waals surface area (Å²) in [6.45, 7) is 4.12. The van der Waals surface area contributed by atoms with Crippen LogP contribution in [0.5, 0.6) is 0 Å². The second kappa shape index (κ2) is 5.70. The Kier molecular flexibility index (Phi) is 4.00. The number of nitriles is 1. The van der Waals surface area contributed by atoms with Gasteiger partial charge in [0, 0.05) is 12.6 Å². The van der Waals surface area contributed by atoms with Crippen molar-refractivity contribution in [2.75, 3.05) is 18.4 Å². The molecule has 1 aromatic rings. The molecule has 0 saturated carbocycles. The van der Waals surface area contributed by atoms with Crippen LogP contribution in [0.3, 0.4) is 0 Å². The Morgan fingerprint density at radius 2 is 2.41 bits per heavy atom. The van der Waals surface area contributed by atoms with E-state index in [1.807, 2.05) is 25.1 Å². The van der Waals surface area contributed by atoms with Crippen molar-refractivity contribution in [3.05, 3.63) is 29.3 Å². The van der Waals surface area contributed by atoms with E-state index in [1.165, 1.54) is 12.8 Å². The van der Waals surface area contributed by atoms with Crippen LogP contribution in [-0.2, 0) is 0 Å². The lowest BCUT2D eigenvalue weighted by molar-refractivity contribution is 0.574. The van der Waals surface area contributed by atoms with Crippen molar-refractivity contribution in [1.29, 1.82) is 5.26 Å². The van der Waals surface area contributed by atoms with Crippen molar-refractivity contribution in [3.63, 3.8) is 0 Å². The Balaban J connectivity index is 1.92. The predicted molar refractivity (Wildman–Crippen MR) is 70.0 cm³/mol. The van der Waals surface area contributed by atoms with Gasteiger partial charge >= 0.3 is 0 Å². The summed E-state index contributed by atoms with van der Waals surface area (Å²) in [5.41, 5.74) is 2.88. The largest absolute Gasteiger partial charge is 0.384 e. The molecule has 1 aliphatic heterocycles. The highest BCUT2D eigenvalue weighted by Crippen LogP contribution is 2.20. The molecular weight excluding hydrogens is 210 g/mol. The van der Waals surface area contributed by atoms with E-state index < -0.39 is 0 Å². The van der Waals surface area contributed by atoms with E-state index in [2.05, 4.69) is 16.7 Å². The highest BCUT2D eigenvalue weighted by Gasteiger charge is 2.13. The van der Waals surface area contributed by atoms with E-state index in [9.17, 15) is 0 Å². The Morgan fingerprint density at radius 3 is 3.12 bits per heavy atom. The van der Waals surface area contributed by atoms with Gasteiger partial charge in [-0.2, -0.15) is 5.26 Å². The fraction of sp³-hybridized carbons (Fsp3) is 0.500. The van der Waals surface area contributed by atoms with E-state index in [0.29, 0.717) is 6.04 Å². The van der Waals surface area contributed by atoms with E-state index in [0.717, 1.165) is 36.3 Å². The summed E-state index contributed by atoms with van der Waals surface area (Å²) in [4.78, 5) is 0. The molecule has 1 saturated heterocycles. The number of nitrogens with zero attached hydrogens (tertiary/aromatic N) is 1. The highest BCUT2D eigenvalue weighted by molar-refractivity contribution is 5.62. The van der Waals surface area contributed by atoms with Gasteiger partial charge in [-0.1, -0.05) is 12.1 Å². The van der Waals surface area contributed by atoms with Gasteiger partial charge in [-0.25, -0.2) is 0 Å². The van der Waals surface area contributed by atoms with Gasteiger partial charge in [0.2, 0.25) is 0 Å². The summed E-state index contributed by atoms with van der Waals surface area (Å²) in [6.07, 6.45) is 3.69. The minimum absolute atomic E-state index is 0.650. The van der Waals surface area contributed by atoms with Crippen LogP contribution >= 0.6 is 0 Å². The summed E-state index contributed by atoms with van der Waals surface area (Å²) in [6, 6.07) is 8.72. The van der Waals surface area contributed by atoms with Crippen LogP contribution in [0.2, 0.25) is 0 Å². The molecule has 0 bridgehead atoms. The third-order valence-corrected chi connectivity index (χ3v) is 3.35. The van der Waals surface area contributed by atoms with Crippen LogP contribution in [0.25, 0.3) is 0 Å². The van der Waals surface area contributed by atoms with Gasteiger partial charge in [0.25, 0.3) is 0 Å². The summed E-state index contributed by atoms with van der Waals surface area (Å²) < 4.78 is 0. The van der Waals surface area contributed by atoms with Gasteiger partial charge < -0.3 is 10.6 Å². The number of hydrogen-bond acceptors (Lipinski definition) is 3. The van der Waals surface area contributed by atoms with E-state index >= 15 is 0 Å². The van der Waals surface area contributed by atoms with Crippen LogP contribution in [0, 0.1) is 18.3 Å². The van der Waals surface area contributed by atoms with Crippen molar-refractivity contribution in [3.8, 4) is 6.07 Å². The Hall–Kier alpha value is -1.53. The van der Waals surface area contributed by atoms with E-state index in [1.54, 1.807) is 0 Å². The normalized spacial score (nSPS) is 18.9. The van der Waals surface area contributed by atoms with E-state index in [-0.39, 0.29) is 0 Å². The monoisotopic (exact) mass is 229 g/mol. The predicted octanol–water partition coefficient (Wildman–Crippen LogP) is 2.42. The number of hydrogen-bond donors (Lipinski definition) is 2. The number of aryl methyl sites for hydroxylation is 1. The van der Waals surface area contributed by atoms with Crippen LogP contribution < -0.4 is 10.6 Å². The zero-order chi connectivity index (χ0) is 12.1. The zero-order valence-electron chi connectivity index (χ0n) is 10.3. The summed E-state index contributed by atoms with van der Waals surface area (Å²) in [7, 11) is 0. The average Bonchev–Trinajstić information content (AvgIpc) is 2.84. The third-order valence-electron chi connectivity index (χ3n) is 3.35. The molecule has 1 aliphatic rings. The lowest BCUT2D eigenvalue weighted by Crippen LogP contribution is -2.24. The van der Waals surface area contributed by atoms with Gasteiger partial charge in [-0.05, 0) is 44.4 Å². The van der Waals surface area contributed by atoms with Crippen molar-refractivity contribution in [1.82, 2.24) is 5.32 Å². The topological polar surface area (TPSA) is 47.9 Å². The molecule has 0 aliphatic carbocycles. The summed E-state index contributed by atoms with van der Waals surface area (Å²) in [5, 5.41) is 15.9. The SMILES string of the molecule is Cc1cccc(C#N)c1NCC[C@@H]1CCCN1. The Labute approximate surface area is 103 Å². The molecule has 0 radical (unpaired) electrons. The van der Waals surface area contributed by atoms with Crippen LogP contribution in [0.1, 0.15) is 30.4 Å². The average molecular weight is 229 g/mol. The van der Waals surface area contributed by atoms with Crippen LogP contribution in [0.4, 0.5) is 5.69 Å². The van der Waals surface area contributed by atoms with Gasteiger partial charge in [0.05, 0.1) is 11.3 Å². The number of benzene rings is 1. The fourth-order valence-corrected chi connectivity index (χ4v) is 2.37. The van der Waals surface area contributed by atoms with Crippen LogP contribution in [-0.4, -0.2) is 19.1 Å². The smallest absolute Gasteiger partial charge is 0.101 e. The van der Waals surface area contributed by atoms with Crippen molar-refractivity contribution in [2.45, 2.75) is 32.2 Å². The molecule has 3 nitrogen and oxygen atoms in total. The highest BCUT2D eigenvalue weighted by atomic mass is 15.0. The first-order valence-corrected chi connectivity index (χ1v) is 6.28.